The minimum Gasteiger partial charge on any atom is -0.492 e. The first-order valence-corrected chi connectivity index (χ1v) is 7.54. The van der Waals surface area contributed by atoms with E-state index in [1.165, 1.54) is 32.4 Å². The average molecular weight is 317 g/mol. The molecule has 2 atom stereocenters. The molecule has 0 radical (unpaired) electrons. The maximum atomic E-state index is 5.85. The molecule has 2 aliphatic rings. The maximum Gasteiger partial charge on any atom is 0.119 e. The van der Waals surface area contributed by atoms with Crippen LogP contribution in [0.2, 0.25) is 5.02 Å². The molecular formula is C15H22Cl2N2O. The molecule has 1 N–H and O–H groups in total. The molecule has 3 rings (SSSR count). The first-order valence-electron chi connectivity index (χ1n) is 7.16. The number of halogens is 2. The van der Waals surface area contributed by atoms with E-state index < -0.39 is 0 Å². The standard InChI is InChI=1S/C15H21ClN2O.ClH/c16-12-1-5-15(6-2-12)19-10-9-18-8-7-13-3-4-14(11-18)17-13;/h1-2,5-6,13-14,17H,3-4,7-11H2;1H. The lowest BCUT2D eigenvalue weighted by Gasteiger charge is -2.23. The highest BCUT2D eigenvalue weighted by Crippen LogP contribution is 2.20. The Kier molecular flexibility index (Phi) is 5.97. The van der Waals surface area contributed by atoms with E-state index >= 15 is 0 Å². The fraction of sp³-hybridized carbons (Fsp3) is 0.600. The van der Waals surface area contributed by atoms with Crippen LogP contribution in [-0.4, -0.2) is 43.2 Å². The number of hydrogen-bond donors (Lipinski definition) is 1. The summed E-state index contributed by atoms with van der Waals surface area (Å²) in [4.78, 5) is 2.52. The van der Waals surface area contributed by atoms with Crippen molar-refractivity contribution in [3.63, 3.8) is 0 Å². The minimum absolute atomic E-state index is 0. The third kappa shape index (κ3) is 4.26. The Morgan fingerprint density at radius 1 is 1.15 bits per heavy atom. The second kappa shape index (κ2) is 7.51. The lowest BCUT2D eigenvalue weighted by atomic mass is 10.1. The van der Waals surface area contributed by atoms with E-state index in [-0.39, 0.29) is 12.4 Å². The van der Waals surface area contributed by atoms with Crippen molar-refractivity contribution in [1.29, 1.82) is 0 Å². The number of nitrogens with one attached hydrogen (secondary N) is 1. The number of ether oxygens (including phenoxy) is 1. The van der Waals surface area contributed by atoms with Gasteiger partial charge in [0.25, 0.3) is 0 Å². The Labute approximate surface area is 132 Å². The van der Waals surface area contributed by atoms with Crippen LogP contribution in [0.15, 0.2) is 24.3 Å². The van der Waals surface area contributed by atoms with E-state index in [1.807, 2.05) is 24.3 Å². The highest BCUT2D eigenvalue weighted by Gasteiger charge is 2.28. The predicted molar refractivity (Wildman–Crippen MR) is 85.2 cm³/mol. The molecule has 2 fully saturated rings. The highest BCUT2D eigenvalue weighted by atomic mass is 35.5. The third-order valence-electron chi connectivity index (χ3n) is 4.10. The summed E-state index contributed by atoms with van der Waals surface area (Å²) in [5.41, 5.74) is 0. The van der Waals surface area contributed by atoms with Gasteiger partial charge in [0.05, 0.1) is 0 Å². The molecule has 3 nitrogen and oxygen atoms in total. The van der Waals surface area contributed by atoms with E-state index in [4.69, 9.17) is 16.3 Å². The quantitative estimate of drug-likeness (QED) is 0.924. The fourth-order valence-electron chi connectivity index (χ4n) is 3.04. The molecule has 0 saturated carbocycles. The van der Waals surface area contributed by atoms with Crippen molar-refractivity contribution in [2.45, 2.75) is 31.3 Å². The van der Waals surface area contributed by atoms with E-state index in [0.717, 1.165) is 30.0 Å². The van der Waals surface area contributed by atoms with E-state index in [9.17, 15) is 0 Å². The summed E-state index contributed by atoms with van der Waals surface area (Å²) in [6.07, 6.45) is 3.97. The largest absolute Gasteiger partial charge is 0.492 e. The minimum atomic E-state index is 0. The molecule has 2 aliphatic heterocycles. The maximum absolute atomic E-state index is 5.85. The second-order valence-electron chi connectivity index (χ2n) is 5.53. The molecule has 0 amide bonds. The number of rotatable bonds is 4. The normalized spacial score (nSPS) is 25.9. The van der Waals surface area contributed by atoms with Crippen LogP contribution in [0.25, 0.3) is 0 Å². The lowest BCUT2D eigenvalue weighted by molar-refractivity contribution is 0.201. The predicted octanol–water partition coefficient (Wildman–Crippen LogP) is 2.97. The molecule has 1 aromatic rings. The summed E-state index contributed by atoms with van der Waals surface area (Å²) in [5.74, 6) is 0.902. The number of hydrogen-bond acceptors (Lipinski definition) is 3. The topological polar surface area (TPSA) is 24.5 Å². The smallest absolute Gasteiger partial charge is 0.119 e. The first kappa shape index (κ1) is 15.9. The van der Waals surface area contributed by atoms with Crippen molar-refractivity contribution in [2.75, 3.05) is 26.2 Å². The van der Waals surface area contributed by atoms with Gasteiger partial charge in [0.1, 0.15) is 12.4 Å². The first-order chi connectivity index (χ1) is 9.29. The van der Waals surface area contributed by atoms with Crippen LogP contribution < -0.4 is 10.1 Å². The van der Waals surface area contributed by atoms with Crippen molar-refractivity contribution in [1.82, 2.24) is 10.2 Å². The molecule has 5 heteroatoms. The lowest BCUT2D eigenvalue weighted by Crippen LogP contribution is -2.37. The van der Waals surface area contributed by atoms with Crippen molar-refractivity contribution >= 4 is 24.0 Å². The molecule has 20 heavy (non-hydrogen) atoms. The van der Waals surface area contributed by atoms with Gasteiger partial charge in [-0.05, 0) is 50.1 Å². The van der Waals surface area contributed by atoms with Crippen molar-refractivity contribution in [3.8, 4) is 5.75 Å². The molecule has 0 aliphatic carbocycles. The van der Waals surface area contributed by atoms with E-state index in [1.54, 1.807) is 0 Å². The number of benzene rings is 1. The zero-order chi connectivity index (χ0) is 13.1. The van der Waals surface area contributed by atoms with Crippen molar-refractivity contribution in [3.05, 3.63) is 29.3 Å². The van der Waals surface area contributed by atoms with Gasteiger partial charge in [0, 0.05) is 30.2 Å². The Morgan fingerprint density at radius 3 is 2.70 bits per heavy atom. The van der Waals surface area contributed by atoms with Gasteiger partial charge in [-0.3, -0.25) is 4.90 Å². The van der Waals surface area contributed by atoms with Gasteiger partial charge in [0.2, 0.25) is 0 Å². The molecule has 0 aromatic heterocycles. The Morgan fingerprint density at radius 2 is 1.90 bits per heavy atom. The van der Waals surface area contributed by atoms with Gasteiger partial charge in [0.15, 0.2) is 0 Å². The molecule has 0 spiro atoms. The van der Waals surface area contributed by atoms with E-state index in [2.05, 4.69) is 10.2 Å². The van der Waals surface area contributed by atoms with Gasteiger partial charge in [-0.15, -0.1) is 12.4 Å². The summed E-state index contributed by atoms with van der Waals surface area (Å²) < 4.78 is 5.76. The summed E-state index contributed by atoms with van der Waals surface area (Å²) >= 11 is 5.85. The highest BCUT2D eigenvalue weighted by molar-refractivity contribution is 6.30. The Bertz CT molecular complexity index is 413. The zero-order valence-corrected chi connectivity index (χ0v) is 13.1. The SMILES string of the molecule is Cl.Clc1ccc(OCCN2CCC3CCC(C2)N3)cc1. The van der Waals surface area contributed by atoms with Crippen LogP contribution in [-0.2, 0) is 0 Å². The molecule has 112 valence electrons. The van der Waals surface area contributed by atoms with Gasteiger partial charge >= 0.3 is 0 Å². The van der Waals surface area contributed by atoms with Crippen LogP contribution in [0.1, 0.15) is 19.3 Å². The van der Waals surface area contributed by atoms with Crippen LogP contribution in [0, 0.1) is 0 Å². The number of fused-ring (bicyclic) bond motifs is 2. The molecule has 2 heterocycles. The second-order valence-corrected chi connectivity index (χ2v) is 5.97. The van der Waals surface area contributed by atoms with Gasteiger partial charge in [-0.1, -0.05) is 11.6 Å². The Hall–Kier alpha value is -0.480. The van der Waals surface area contributed by atoms with Crippen LogP contribution in [0.3, 0.4) is 0 Å². The van der Waals surface area contributed by atoms with Gasteiger partial charge in [-0.2, -0.15) is 0 Å². The molecule has 1 aromatic carbocycles. The third-order valence-corrected chi connectivity index (χ3v) is 4.35. The summed E-state index contributed by atoms with van der Waals surface area (Å²) in [7, 11) is 0. The number of nitrogens with zero attached hydrogens (tertiary/aromatic N) is 1. The molecule has 2 unspecified atom stereocenters. The van der Waals surface area contributed by atoms with Gasteiger partial charge < -0.3 is 10.1 Å². The van der Waals surface area contributed by atoms with E-state index in [0.29, 0.717) is 6.04 Å². The zero-order valence-electron chi connectivity index (χ0n) is 11.6. The summed E-state index contributed by atoms with van der Waals surface area (Å²) in [6, 6.07) is 9.04. The molecule has 2 saturated heterocycles. The van der Waals surface area contributed by atoms with Gasteiger partial charge in [-0.25, -0.2) is 0 Å². The van der Waals surface area contributed by atoms with Crippen LogP contribution in [0.5, 0.6) is 5.75 Å². The van der Waals surface area contributed by atoms with Crippen LogP contribution >= 0.6 is 24.0 Å². The van der Waals surface area contributed by atoms with Crippen molar-refractivity contribution in [2.24, 2.45) is 0 Å². The molecule has 2 bridgehead atoms. The average Bonchev–Trinajstić information content (AvgIpc) is 2.74. The van der Waals surface area contributed by atoms with Crippen LogP contribution in [0.4, 0.5) is 0 Å². The monoisotopic (exact) mass is 316 g/mol. The summed E-state index contributed by atoms with van der Waals surface area (Å²) in [6.45, 7) is 4.12. The molecular weight excluding hydrogens is 295 g/mol. The number of likely N-dealkylation sites (tertiary alicyclic amines) is 1. The summed E-state index contributed by atoms with van der Waals surface area (Å²) in [5, 5.41) is 4.45. The Balaban J connectivity index is 0.00000147. The fourth-order valence-corrected chi connectivity index (χ4v) is 3.17. The van der Waals surface area contributed by atoms with Crippen molar-refractivity contribution < 1.29 is 4.74 Å².